The third-order valence-electron chi connectivity index (χ3n) is 7.81. The summed E-state index contributed by atoms with van der Waals surface area (Å²) in [5.74, 6) is 0. The average molecular weight is 527 g/mol. The van der Waals surface area contributed by atoms with Crippen molar-refractivity contribution in [3.63, 3.8) is 0 Å². The Balaban J connectivity index is 2.60. The highest BCUT2D eigenvalue weighted by Crippen LogP contribution is 2.68. The van der Waals surface area contributed by atoms with E-state index in [0.717, 1.165) is 4.90 Å². The van der Waals surface area contributed by atoms with Gasteiger partial charge in [0, 0.05) is 9.64 Å². The number of benzene rings is 1. The predicted molar refractivity (Wildman–Crippen MR) is 153 cm³/mol. The molecule has 1 aromatic rings. The molecule has 1 aliphatic heterocycles. The molecule has 0 bridgehead atoms. The molecule has 3 atom stereocenters. The van der Waals surface area contributed by atoms with Crippen LogP contribution in [0.4, 0.5) is 0 Å². The lowest BCUT2D eigenvalue weighted by Gasteiger charge is -2.50. The molecule has 7 heteroatoms. The fraction of sp³-hybridized carbons (Fsp3) is 0.704. The van der Waals surface area contributed by atoms with E-state index in [2.05, 4.69) is 94.6 Å². The standard InChI is InChI=1S/C27H50O4SSi2/c1-25(2,3)32(28,21-17-15-14-16-18-21)24-19-22(30-33(10,11)26(4,5)6)23(20-29-24)31-34(12,13)27(7,8)9/h14-19,22-23,28H,20H2,1-13H3/t22-,23-/m1/s1. The second-order valence-electron chi connectivity index (χ2n) is 13.6. The van der Waals surface area contributed by atoms with Gasteiger partial charge in [-0.25, -0.2) is 0 Å². The molecule has 0 saturated heterocycles. The Labute approximate surface area is 213 Å². The van der Waals surface area contributed by atoms with Gasteiger partial charge in [0.25, 0.3) is 0 Å². The van der Waals surface area contributed by atoms with Crippen molar-refractivity contribution in [2.24, 2.45) is 0 Å². The number of hydrogen-bond donors (Lipinski definition) is 1. The molecule has 34 heavy (non-hydrogen) atoms. The Hall–Kier alpha value is -0.576. The molecule has 1 N–H and O–H groups in total. The molecule has 0 amide bonds. The normalized spacial score (nSPS) is 23.5. The Morgan fingerprint density at radius 1 is 0.824 bits per heavy atom. The van der Waals surface area contributed by atoms with Crippen molar-refractivity contribution in [2.45, 2.75) is 120 Å². The second-order valence-corrected chi connectivity index (χ2v) is 26.3. The van der Waals surface area contributed by atoms with Crippen LogP contribution in [0.1, 0.15) is 62.3 Å². The first kappa shape index (κ1) is 29.7. The molecule has 2 rings (SSSR count). The highest BCUT2D eigenvalue weighted by atomic mass is 32.3. The van der Waals surface area contributed by atoms with E-state index in [-0.39, 0.29) is 22.3 Å². The molecule has 0 aromatic heterocycles. The maximum absolute atomic E-state index is 12.3. The van der Waals surface area contributed by atoms with Gasteiger partial charge in [0.05, 0.1) is 6.10 Å². The summed E-state index contributed by atoms with van der Waals surface area (Å²) in [6.45, 7) is 29.3. The van der Waals surface area contributed by atoms with Crippen LogP contribution in [-0.4, -0.2) is 44.7 Å². The molecule has 0 radical (unpaired) electrons. The molecule has 1 aromatic carbocycles. The smallest absolute Gasteiger partial charge is 0.193 e. The molecular weight excluding hydrogens is 477 g/mol. The fourth-order valence-electron chi connectivity index (χ4n) is 3.40. The zero-order valence-corrected chi connectivity index (χ0v) is 26.7. The highest BCUT2D eigenvalue weighted by Gasteiger charge is 2.49. The molecule has 4 nitrogen and oxygen atoms in total. The van der Waals surface area contributed by atoms with Gasteiger partial charge in [0.2, 0.25) is 0 Å². The maximum Gasteiger partial charge on any atom is 0.193 e. The molecule has 196 valence electrons. The summed E-state index contributed by atoms with van der Waals surface area (Å²) in [7, 11) is -6.58. The summed E-state index contributed by atoms with van der Waals surface area (Å²) in [5, 5.41) is 0.790. The predicted octanol–water partition coefficient (Wildman–Crippen LogP) is 8.77. The van der Waals surface area contributed by atoms with Crippen LogP contribution >= 0.6 is 10.3 Å². The molecule has 0 aliphatic carbocycles. The maximum atomic E-state index is 12.3. The van der Waals surface area contributed by atoms with E-state index in [1.165, 1.54) is 0 Å². The van der Waals surface area contributed by atoms with Crippen molar-refractivity contribution in [3.8, 4) is 0 Å². The Morgan fingerprint density at radius 3 is 1.74 bits per heavy atom. The number of ether oxygens (including phenoxy) is 1. The summed E-state index contributed by atoms with van der Waals surface area (Å²) in [6, 6.07) is 9.96. The van der Waals surface area contributed by atoms with Crippen LogP contribution in [-0.2, 0) is 13.6 Å². The summed E-state index contributed by atoms with van der Waals surface area (Å²) in [6.07, 6.45) is 1.59. The van der Waals surface area contributed by atoms with Gasteiger partial charge < -0.3 is 18.1 Å². The van der Waals surface area contributed by atoms with E-state index in [0.29, 0.717) is 11.7 Å². The van der Waals surface area contributed by atoms with E-state index in [9.17, 15) is 4.55 Å². The Kier molecular flexibility index (Phi) is 8.47. The highest BCUT2D eigenvalue weighted by molar-refractivity contribution is 8.33. The van der Waals surface area contributed by atoms with Crippen LogP contribution in [0.25, 0.3) is 0 Å². The van der Waals surface area contributed by atoms with Crippen molar-refractivity contribution in [2.75, 3.05) is 6.61 Å². The van der Waals surface area contributed by atoms with Gasteiger partial charge in [-0.1, -0.05) is 59.7 Å². The van der Waals surface area contributed by atoms with Crippen LogP contribution in [0.5, 0.6) is 0 Å². The topological polar surface area (TPSA) is 47.9 Å². The van der Waals surface area contributed by atoms with Crippen LogP contribution in [0.2, 0.25) is 36.3 Å². The first-order chi connectivity index (χ1) is 15.1. The van der Waals surface area contributed by atoms with Crippen LogP contribution in [0.15, 0.2) is 46.4 Å². The molecule has 0 fully saturated rings. The van der Waals surface area contributed by atoms with E-state index >= 15 is 0 Å². The Bertz CT molecular complexity index is 863. The van der Waals surface area contributed by atoms with E-state index in [1.807, 2.05) is 30.3 Å². The second kappa shape index (κ2) is 9.71. The first-order valence-electron chi connectivity index (χ1n) is 12.4. The number of hydrogen-bond acceptors (Lipinski definition) is 4. The minimum Gasteiger partial charge on any atom is -0.484 e. The molecule has 1 aliphatic rings. The van der Waals surface area contributed by atoms with Crippen LogP contribution < -0.4 is 0 Å². The van der Waals surface area contributed by atoms with Crippen molar-refractivity contribution < 1.29 is 18.1 Å². The molecule has 1 heterocycles. The van der Waals surface area contributed by atoms with Gasteiger partial charge in [-0.2, -0.15) is 0 Å². The number of rotatable bonds is 6. The molecule has 1 unspecified atom stereocenters. The fourth-order valence-corrected chi connectivity index (χ4v) is 8.63. The Morgan fingerprint density at radius 2 is 1.29 bits per heavy atom. The van der Waals surface area contributed by atoms with Crippen molar-refractivity contribution in [1.29, 1.82) is 0 Å². The monoisotopic (exact) mass is 526 g/mol. The van der Waals surface area contributed by atoms with E-state index in [1.54, 1.807) is 0 Å². The van der Waals surface area contributed by atoms with Crippen LogP contribution in [0.3, 0.4) is 0 Å². The van der Waals surface area contributed by atoms with E-state index in [4.69, 9.17) is 13.6 Å². The third kappa shape index (κ3) is 6.03. The lowest BCUT2D eigenvalue weighted by Crippen LogP contribution is -2.54. The summed E-state index contributed by atoms with van der Waals surface area (Å²) in [5.41, 5.74) is 0. The van der Waals surface area contributed by atoms with Gasteiger partial charge in [-0.05, 0) is 85.6 Å². The van der Waals surface area contributed by atoms with Crippen molar-refractivity contribution >= 4 is 26.9 Å². The first-order valence-corrected chi connectivity index (χ1v) is 19.8. The minimum absolute atomic E-state index is 0.0629. The quantitative estimate of drug-likeness (QED) is 0.376. The van der Waals surface area contributed by atoms with Gasteiger partial charge in [-0.3, -0.25) is 0 Å². The summed E-state index contributed by atoms with van der Waals surface area (Å²) >= 11 is 0. The zero-order valence-electron chi connectivity index (χ0n) is 23.9. The molecule has 0 saturated carbocycles. The van der Waals surface area contributed by atoms with Crippen molar-refractivity contribution in [3.05, 3.63) is 41.5 Å². The van der Waals surface area contributed by atoms with Gasteiger partial charge >= 0.3 is 0 Å². The molecule has 0 spiro atoms. The van der Waals surface area contributed by atoms with Gasteiger partial charge in [0.15, 0.2) is 21.7 Å². The van der Waals surface area contributed by atoms with Gasteiger partial charge in [-0.15, -0.1) is 0 Å². The van der Waals surface area contributed by atoms with E-state index < -0.39 is 31.7 Å². The average Bonchev–Trinajstić information content (AvgIpc) is 2.66. The zero-order chi connectivity index (χ0) is 26.4. The third-order valence-corrected chi connectivity index (χ3v) is 20.3. The molecular formula is C27H50O4SSi2. The summed E-state index contributed by atoms with van der Waals surface area (Å²) < 4.78 is 32.1. The lowest BCUT2D eigenvalue weighted by atomic mass is 10.2. The minimum atomic E-state index is -2.43. The lowest BCUT2D eigenvalue weighted by molar-refractivity contribution is -0.00172. The van der Waals surface area contributed by atoms with Gasteiger partial charge in [0.1, 0.15) is 12.7 Å². The van der Waals surface area contributed by atoms with Crippen molar-refractivity contribution in [1.82, 2.24) is 0 Å². The van der Waals surface area contributed by atoms with Crippen LogP contribution in [0, 0.1) is 0 Å². The summed E-state index contributed by atoms with van der Waals surface area (Å²) in [4.78, 5) is 0.906. The largest absolute Gasteiger partial charge is 0.484 e. The SMILES string of the molecule is CC(C)(C)[Si](C)(C)O[C@@H]1C=C(S(O)(c2ccccc2)C(C)(C)C)OC[C@H]1O[Si](C)(C)C(C)(C)C.